The number of halogens is 2. The highest BCUT2D eigenvalue weighted by molar-refractivity contribution is 14.1. The van der Waals surface area contributed by atoms with E-state index in [-0.39, 0.29) is 5.54 Å². The van der Waals surface area contributed by atoms with Crippen LogP contribution in [0.2, 0.25) is 5.02 Å². The average Bonchev–Trinajstić information content (AvgIpc) is 2.26. The Morgan fingerprint density at radius 1 is 1.22 bits per heavy atom. The highest BCUT2D eigenvalue weighted by Gasteiger charge is 2.06. The molecule has 0 bridgehead atoms. The van der Waals surface area contributed by atoms with Crippen LogP contribution in [0.3, 0.4) is 0 Å². The van der Waals surface area contributed by atoms with Crippen LogP contribution < -0.4 is 10.6 Å². The van der Waals surface area contributed by atoms with Gasteiger partial charge in [-0.15, -0.1) is 0 Å². The summed E-state index contributed by atoms with van der Waals surface area (Å²) in [6.45, 7) is 9.51. The van der Waals surface area contributed by atoms with Crippen LogP contribution in [-0.2, 0) is 6.54 Å². The summed E-state index contributed by atoms with van der Waals surface area (Å²) in [5.41, 5.74) is 1.45. The minimum Gasteiger partial charge on any atom is -0.313 e. The fraction of sp³-hybridized carbons (Fsp3) is 0.571. The van der Waals surface area contributed by atoms with Gasteiger partial charge in [0.25, 0.3) is 0 Å². The summed E-state index contributed by atoms with van der Waals surface area (Å²) < 4.78 is 1.10. The van der Waals surface area contributed by atoms with E-state index in [0.29, 0.717) is 0 Å². The smallest absolute Gasteiger partial charge is 0.0542 e. The quantitative estimate of drug-likeness (QED) is 0.579. The summed E-state index contributed by atoms with van der Waals surface area (Å²) in [7, 11) is 0. The van der Waals surface area contributed by atoms with Gasteiger partial charge in [0.15, 0.2) is 0 Å². The lowest BCUT2D eigenvalue weighted by atomic mass is 10.1. The van der Waals surface area contributed by atoms with Gasteiger partial charge >= 0.3 is 0 Å². The SMILES string of the molecule is CC(C)(C)NCCCNCc1ccc(I)c(Cl)c1. The van der Waals surface area contributed by atoms with E-state index >= 15 is 0 Å². The molecule has 18 heavy (non-hydrogen) atoms. The molecular formula is C14H22ClIN2. The van der Waals surface area contributed by atoms with Crippen molar-refractivity contribution in [2.45, 2.75) is 39.3 Å². The standard InChI is InChI=1S/C14H22ClIN2/c1-14(2,3)18-8-4-7-17-10-11-5-6-13(16)12(15)9-11/h5-6,9,17-18H,4,7-8,10H2,1-3H3. The molecule has 0 unspecified atom stereocenters. The second-order valence-corrected chi connectivity index (χ2v) is 7.02. The molecule has 2 nitrogen and oxygen atoms in total. The summed E-state index contributed by atoms with van der Waals surface area (Å²) in [5, 5.41) is 7.75. The van der Waals surface area contributed by atoms with Crippen LogP contribution in [-0.4, -0.2) is 18.6 Å². The van der Waals surface area contributed by atoms with Crippen LogP contribution in [0.15, 0.2) is 18.2 Å². The van der Waals surface area contributed by atoms with Crippen molar-refractivity contribution in [2.24, 2.45) is 0 Å². The zero-order valence-corrected chi connectivity index (χ0v) is 14.2. The van der Waals surface area contributed by atoms with Gasteiger partial charge in [0.2, 0.25) is 0 Å². The Morgan fingerprint density at radius 2 is 1.94 bits per heavy atom. The molecule has 0 fully saturated rings. The summed E-state index contributed by atoms with van der Waals surface area (Å²) >= 11 is 8.33. The van der Waals surface area contributed by atoms with Gasteiger partial charge in [0.05, 0.1) is 5.02 Å². The lowest BCUT2D eigenvalue weighted by Crippen LogP contribution is -2.37. The third-order valence-corrected chi connectivity index (χ3v) is 4.07. The van der Waals surface area contributed by atoms with Gasteiger partial charge in [0.1, 0.15) is 0 Å². The fourth-order valence-corrected chi connectivity index (χ4v) is 2.10. The lowest BCUT2D eigenvalue weighted by molar-refractivity contribution is 0.418. The van der Waals surface area contributed by atoms with Crippen LogP contribution >= 0.6 is 34.2 Å². The predicted molar refractivity (Wildman–Crippen MR) is 88.2 cm³/mol. The van der Waals surface area contributed by atoms with E-state index < -0.39 is 0 Å². The molecule has 102 valence electrons. The molecule has 0 atom stereocenters. The van der Waals surface area contributed by atoms with Crippen molar-refractivity contribution in [1.29, 1.82) is 0 Å². The molecule has 0 amide bonds. The normalized spacial score (nSPS) is 11.8. The van der Waals surface area contributed by atoms with Crippen LogP contribution in [0, 0.1) is 3.57 Å². The molecule has 4 heteroatoms. The first kappa shape index (κ1) is 16.2. The maximum Gasteiger partial charge on any atom is 0.0542 e. The molecule has 0 spiro atoms. The zero-order chi connectivity index (χ0) is 13.6. The Labute approximate surface area is 129 Å². The first-order valence-corrected chi connectivity index (χ1v) is 7.74. The number of nitrogens with one attached hydrogen (secondary N) is 2. The minimum atomic E-state index is 0.212. The maximum absolute atomic E-state index is 6.08. The molecule has 0 saturated heterocycles. The van der Waals surface area contributed by atoms with E-state index in [1.54, 1.807) is 0 Å². The van der Waals surface area contributed by atoms with Crippen molar-refractivity contribution in [3.63, 3.8) is 0 Å². The Hall–Kier alpha value is 0.160. The van der Waals surface area contributed by atoms with Gasteiger partial charge < -0.3 is 10.6 Å². The minimum absolute atomic E-state index is 0.212. The topological polar surface area (TPSA) is 24.1 Å². The Bertz CT molecular complexity index is 375. The first-order chi connectivity index (χ1) is 8.38. The number of benzene rings is 1. The molecule has 1 aromatic carbocycles. The lowest BCUT2D eigenvalue weighted by Gasteiger charge is -2.20. The van der Waals surface area contributed by atoms with Crippen LogP contribution in [0.25, 0.3) is 0 Å². The molecule has 0 radical (unpaired) electrons. The molecular weight excluding hydrogens is 359 g/mol. The Balaban J connectivity index is 2.16. The van der Waals surface area contributed by atoms with Crippen molar-refractivity contribution in [3.8, 4) is 0 Å². The van der Waals surface area contributed by atoms with Gasteiger partial charge in [0, 0.05) is 15.7 Å². The van der Waals surface area contributed by atoms with Crippen molar-refractivity contribution in [2.75, 3.05) is 13.1 Å². The largest absolute Gasteiger partial charge is 0.313 e. The van der Waals surface area contributed by atoms with Crippen LogP contribution in [0.1, 0.15) is 32.8 Å². The molecule has 0 aliphatic heterocycles. The van der Waals surface area contributed by atoms with Gasteiger partial charge in [-0.1, -0.05) is 17.7 Å². The van der Waals surface area contributed by atoms with Crippen LogP contribution in [0.4, 0.5) is 0 Å². The second-order valence-electron chi connectivity index (χ2n) is 5.46. The zero-order valence-electron chi connectivity index (χ0n) is 11.3. The Kier molecular flexibility index (Phi) is 6.92. The van der Waals surface area contributed by atoms with E-state index in [2.05, 4.69) is 66.1 Å². The maximum atomic E-state index is 6.08. The molecule has 1 aromatic rings. The van der Waals surface area contributed by atoms with E-state index in [0.717, 1.165) is 34.6 Å². The third kappa shape index (κ3) is 6.92. The predicted octanol–water partition coefficient (Wildman–Crippen LogP) is 3.81. The van der Waals surface area contributed by atoms with Crippen molar-refractivity contribution in [1.82, 2.24) is 10.6 Å². The van der Waals surface area contributed by atoms with Crippen molar-refractivity contribution in [3.05, 3.63) is 32.4 Å². The van der Waals surface area contributed by atoms with E-state index in [4.69, 9.17) is 11.6 Å². The summed E-state index contributed by atoms with van der Waals surface area (Å²) in [5.74, 6) is 0. The summed E-state index contributed by atoms with van der Waals surface area (Å²) in [6, 6.07) is 6.21. The number of hydrogen-bond donors (Lipinski definition) is 2. The van der Waals surface area contributed by atoms with Crippen molar-refractivity contribution >= 4 is 34.2 Å². The van der Waals surface area contributed by atoms with Gasteiger partial charge in [-0.25, -0.2) is 0 Å². The Morgan fingerprint density at radius 3 is 2.56 bits per heavy atom. The van der Waals surface area contributed by atoms with Crippen molar-refractivity contribution < 1.29 is 0 Å². The summed E-state index contributed by atoms with van der Waals surface area (Å²) in [6.07, 6.45) is 1.13. The molecule has 0 aliphatic carbocycles. The summed E-state index contributed by atoms with van der Waals surface area (Å²) in [4.78, 5) is 0. The van der Waals surface area contributed by atoms with Crippen LogP contribution in [0.5, 0.6) is 0 Å². The third-order valence-electron chi connectivity index (χ3n) is 2.50. The number of hydrogen-bond acceptors (Lipinski definition) is 2. The van der Waals surface area contributed by atoms with Gasteiger partial charge in [-0.2, -0.15) is 0 Å². The molecule has 0 saturated carbocycles. The molecule has 0 aromatic heterocycles. The molecule has 0 aliphatic rings. The second kappa shape index (κ2) is 7.68. The molecule has 2 N–H and O–H groups in total. The van der Waals surface area contributed by atoms with E-state index in [1.165, 1.54) is 5.56 Å². The van der Waals surface area contributed by atoms with Gasteiger partial charge in [-0.3, -0.25) is 0 Å². The number of rotatable bonds is 6. The highest BCUT2D eigenvalue weighted by Crippen LogP contribution is 2.19. The monoisotopic (exact) mass is 380 g/mol. The average molecular weight is 381 g/mol. The first-order valence-electron chi connectivity index (χ1n) is 6.28. The highest BCUT2D eigenvalue weighted by atomic mass is 127. The van der Waals surface area contributed by atoms with E-state index in [9.17, 15) is 0 Å². The molecule has 1 rings (SSSR count). The molecule has 0 heterocycles. The van der Waals surface area contributed by atoms with Gasteiger partial charge in [-0.05, 0) is 80.6 Å². The van der Waals surface area contributed by atoms with E-state index in [1.807, 2.05) is 6.07 Å². The fourth-order valence-electron chi connectivity index (χ4n) is 1.56.